The Morgan fingerprint density at radius 1 is 1.45 bits per heavy atom. The van der Waals surface area contributed by atoms with Crippen LogP contribution in [0.5, 0.6) is 0 Å². The number of likely N-dealkylation sites (tertiary alicyclic amines) is 1. The van der Waals surface area contributed by atoms with Crippen LogP contribution < -0.4 is 5.32 Å². The highest BCUT2D eigenvalue weighted by Crippen LogP contribution is 2.23. The third-order valence-electron chi connectivity index (χ3n) is 3.67. The van der Waals surface area contributed by atoms with E-state index < -0.39 is 0 Å². The highest BCUT2D eigenvalue weighted by molar-refractivity contribution is 6.35. The van der Waals surface area contributed by atoms with E-state index in [2.05, 4.69) is 11.9 Å². The number of carbonyl (C=O) groups is 2. The van der Waals surface area contributed by atoms with E-state index in [0.717, 1.165) is 5.56 Å². The predicted octanol–water partition coefficient (Wildman–Crippen LogP) is 2.69. The minimum Gasteiger partial charge on any atom is -0.352 e. The summed E-state index contributed by atoms with van der Waals surface area (Å²) in [5.41, 5.74) is 0.943. The Balaban J connectivity index is 1.89. The molecular weight excluding hydrogens is 323 g/mol. The van der Waals surface area contributed by atoms with Crippen LogP contribution >= 0.6 is 23.2 Å². The van der Waals surface area contributed by atoms with Crippen molar-refractivity contribution >= 4 is 35.0 Å². The number of hydrogen-bond acceptors (Lipinski definition) is 2. The van der Waals surface area contributed by atoms with Crippen molar-refractivity contribution in [1.82, 2.24) is 10.2 Å². The van der Waals surface area contributed by atoms with Gasteiger partial charge in [0, 0.05) is 36.1 Å². The zero-order chi connectivity index (χ0) is 16.1. The average molecular weight is 341 g/mol. The van der Waals surface area contributed by atoms with Crippen molar-refractivity contribution in [2.24, 2.45) is 5.92 Å². The van der Waals surface area contributed by atoms with Crippen molar-refractivity contribution in [3.05, 3.63) is 46.5 Å². The van der Waals surface area contributed by atoms with E-state index >= 15 is 0 Å². The Labute approximate surface area is 140 Å². The molecule has 1 aromatic carbocycles. The van der Waals surface area contributed by atoms with E-state index in [0.29, 0.717) is 36.1 Å². The van der Waals surface area contributed by atoms with Gasteiger partial charge in [-0.15, -0.1) is 6.58 Å². The van der Waals surface area contributed by atoms with E-state index in [1.54, 1.807) is 23.1 Å². The first kappa shape index (κ1) is 16.8. The third-order valence-corrected chi connectivity index (χ3v) is 4.26. The van der Waals surface area contributed by atoms with Gasteiger partial charge >= 0.3 is 0 Å². The molecule has 1 aromatic rings. The monoisotopic (exact) mass is 340 g/mol. The van der Waals surface area contributed by atoms with Crippen molar-refractivity contribution in [2.45, 2.75) is 12.8 Å². The van der Waals surface area contributed by atoms with Crippen molar-refractivity contribution in [1.29, 1.82) is 0 Å². The number of rotatable bonds is 6. The lowest BCUT2D eigenvalue weighted by molar-refractivity contribution is -0.128. The van der Waals surface area contributed by atoms with Gasteiger partial charge in [-0.25, -0.2) is 0 Å². The fourth-order valence-electron chi connectivity index (χ4n) is 2.46. The van der Waals surface area contributed by atoms with Gasteiger partial charge in [-0.3, -0.25) is 9.59 Å². The van der Waals surface area contributed by atoms with Gasteiger partial charge < -0.3 is 10.2 Å². The van der Waals surface area contributed by atoms with Gasteiger partial charge in [-0.05, 0) is 24.1 Å². The number of benzene rings is 1. The Bertz CT molecular complexity index is 590. The molecule has 0 saturated carbocycles. The average Bonchev–Trinajstić information content (AvgIpc) is 2.85. The summed E-state index contributed by atoms with van der Waals surface area (Å²) in [6.07, 6.45) is 2.52. The summed E-state index contributed by atoms with van der Waals surface area (Å²) >= 11 is 12.0. The van der Waals surface area contributed by atoms with E-state index in [-0.39, 0.29) is 24.2 Å². The summed E-state index contributed by atoms with van der Waals surface area (Å²) in [4.78, 5) is 25.6. The number of halogens is 2. The highest BCUT2D eigenvalue weighted by atomic mass is 35.5. The molecule has 1 heterocycles. The van der Waals surface area contributed by atoms with E-state index in [9.17, 15) is 9.59 Å². The normalized spacial score (nSPS) is 17.6. The molecule has 1 unspecified atom stereocenters. The summed E-state index contributed by atoms with van der Waals surface area (Å²) in [5.74, 6) is -0.378. The number of nitrogens with zero attached hydrogens (tertiary/aromatic N) is 1. The quantitative estimate of drug-likeness (QED) is 0.809. The van der Waals surface area contributed by atoms with Crippen LogP contribution in [0.2, 0.25) is 10.0 Å². The lowest BCUT2D eigenvalue weighted by atomic mass is 10.1. The maximum Gasteiger partial charge on any atom is 0.225 e. The molecule has 1 N–H and O–H groups in total. The predicted molar refractivity (Wildman–Crippen MR) is 88.1 cm³/mol. The maximum absolute atomic E-state index is 12.0. The van der Waals surface area contributed by atoms with Gasteiger partial charge in [0.05, 0.1) is 5.92 Å². The first-order valence-electron chi connectivity index (χ1n) is 7.11. The fourth-order valence-corrected chi connectivity index (χ4v) is 2.96. The molecule has 0 spiro atoms. The Morgan fingerprint density at radius 3 is 2.91 bits per heavy atom. The fraction of sp³-hybridized carbons (Fsp3) is 0.375. The molecule has 0 radical (unpaired) electrons. The van der Waals surface area contributed by atoms with Crippen LogP contribution in [-0.2, 0) is 16.0 Å². The van der Waals surface area contributed by atoms with Gasteiger partial charge in [0.25, 0.3) is 0 Å². The van der Waals surface area contributed by atoms with E-state index in [4.69, 9.17) is 23.2 Å². The van der Waals surface area contributed by atoms with Crippen LogP contribution in [0.1, 0.15) is 12.0 Å². The van der Waals surface area contributed by atoms with Gasteiger partial charge in [0.1, 0.15) is 0 Å². The van der Waals surface area contributed by atoms with Gasteiger partial charge in [0.2, 0.25) is 11.8 Å². The third kappa shape index (κ3) is 4.24. The van der Waals surface area contributed by atoms with Crippen LogP contribution in [0.4, 0.5) is 0 Å². The molecule has 2 rings (SSSR count). The molecule has 4 nitrogen and oxygen atoms in total. The van der Waals surface area contributed by atoms with Gasteiger partial charge in [0.15, 0.2) is 0 Å². The second-order valence-corrected chi connectivity index (χ2v) is 6.10. The van der Waals surface area contributed by atoms with Crippen molar-refractivity contribution in [3.63, 3.8) is 0 Å². The summed E-state index contributed by atoms with van der Waals surface area (Å²) < 4.78 is 0. The second kappa shape index (κ2) is 7.65. The Hall–Kier alpha value is -1.52. The first-order chi connectivity index (χ1) is 10.5. The molecule has 1 atom stereocenters. The molecule has 1 aliphatic heterocycles. The molecule has 22 heavy (non-hydrogen) atoms. The van der Waals surface area contributed by atoms with Crippen LogP contribution in [0.3, 0.4) is 0 Å². The maximum atomic E-state index is 12.0. The number of hydrogen-bond donors (Lipinski definition) is 1. The molecule has 1 saturated heterocycles. The van der Waals surface area contributed by atoms with Crippen molar-refractivity contribution < 1.29 is 9.59 Å². The molecule has 0 aromatic heterocycles. The molecule has 6 heteroatoms. The smallest absolute Gasteiger partial charge is 0.225 e. The van der Waals surface area contributed by atoms with Gasteiger partial charge in [-0.2, -0.15) is 0 Å². The standard InChI is InChI=1S/C16H18Cl2N2O2/c1-2-6-19-16(22)12-8-15(21)20(10-12)7-5-11-3-4-13(17)9-14(11)18/h2-4,9,12H,1,5-8,10H2,(H,19,22). The van der Waals surface area contributed by atoms with Crippen molar-refractivity contribution in [2.75, 3.05) is 19.6 Å². The number of carbonyl (C=O) groups excluding carboxylic acids is 2. The minimum absolute atomic E-state index is 0.00355. The lowest BCUT2D eigenvalue weighted by Crippen LogP contribution is -2.33. The van der Waals surface area contributed by atoms with E-state index in [1.807, 2.05) is 6.07 Å². The summed E-state index contributed by atoms with van der Waals surface area (Å²) in [5, 5.41) is 3.92. The summed E-state index contributed by atoms with van der Waals surface area (Å²) in [6, 6.07) is 5.33. The number of nitrogens with one attached hydrogen (secondary N) is 1. The molecule has 1 aliphatic rings. The zero-order valence-electron chi connectivity index (χ0n) is 12.1. The summed E-state index contributed by atoms with van der Waals surface area (Å²) in [7, 11) is 0. The Morgan fingerprint density at radius 2 is 2.23 bits per heavy atom. The lowest BCUT2D eigenvalue weighted by Gasteiger charge is -2.17. The van der Waals surface area contributed by atoms with Crippen molar-refractivity contribution in [3.8, 4) is 0 Å². The first-order valence-corrected chi connectivity index (χ1v) is 7.87. The van der Waals surface area contributed by atoms with Crippen LogP contribution in [0.15, 0.2) is 30.9 Å². The molecule has 1 fully saturated rings. The van der Waals surface area contributed by atoms with Gasteiger partial charge in [-0.1, -0.05) is 35.3 Å². The topological polar surface area (TPSA) is 49.4 Å². The molecule has 2 amide bonds. The van der Waals surface area contributed by atoms with Crippen LogP contribution in [0, 0.1) is 5.92 Å². The zero-order valence-corrected chi connectivity index (χ0v) is 13.7. The molecule has 118 valence electrons. The molecule has 0 aliphatic carbocycles. The number of amides is 2. The second-order valence-electron chi connectivity index (χ2n) is 5.26. The SMILES string of the molecule is C=CCNC(=O)C1CC(=O)N(CCc2ccc(Cl)cc2Cl)C1. The van der Waals surface area contributed by atoms with Crippen LogP contribution in [0.25, 0.3) is 0 Å². The summed E-state index contributed by atoms with van der Waals surface area (Å²) in [6.45, 7) is 4.97. The Kier molecular flexibility index (Phi) is 5.86. The highest BCUT2D eigenvalue weighted by Gasteiger charge is 2.33. The molecule has 0 bridgehead atoms. The van der Waals surface area contributed by atoms with E-state index in [1.165, 1.54) is 0 Å². The van der Waals surface area contributed by atoms with Crippen LogP contribution in [-0.4, -0.2) is 36.3 Å². The minimum atomic E-state index is -0.284. The largest absolute Gasteiger partial charge is 0.352 e. The molecular formula is C16H18Cl2N2O2.